The Morgan fingerprint density at radius 2 is 1.73 bits per heavy atom. The molecule has 1 N–H and O–H groups in total. The first kappa shape index (κ1) is 25.6. The van der Waals surface area contributed by atoms with Crippen molar-refractivity contribution in [3.05, 3.63) is 98.0 Å². The highest BCUT2D eigenvalue weighted by Crippen LogP contribution is 2.22. The largest absolute Gasteiger partial charge is 0.464 e. The molecule has 0 aliphatic heterocycles. The number of carbonyl (C=O) groups is 1. The summed E-state index contributed by atoms with van der Waals surface area (Å²) in [7, 11) is 1.26. The first-order chi connectivity index (χ1) is 17.9. The third kappa shape index (κ3) is 6.19. The second-order valence-corrected chi connectivity index (χ2v) is 8.27. The normalized spacial score (nSPS) is 10.7. The van der Waals surface area contributed by atoms with Crippen molar-refractivity contribution in [1.82, 2.24) is 24.1 Å². The number of carbonyl (C=O) groups excluding carboxylic acids is 1. The number of aromatic nitrogens is 5. The van der Waals surface area contributed by atoms with Gasteiger partial charge < -0.3 is 14.8 Å². The van der Waals surface area contributed by atoms with Gasteiger partial charge in [-0.3, -0.25) is 4.57 Å². The molecular weight excluding hydrogens is 500 g/mol. The molecule has 2 heterocycles. The topological polar surface area (TPSA) is 130 Å². The summed E-state index contributed by atoms with van der Waals surface area (Å²) in [6.45, 7) is 2.32. The van der Waals surface area contributed by atoms with E-state index < -0.39 is 17.3 Å². The summed E-state index contributed by atoms with van der Waals surface area (Å²) in [6.07, 6.45) is 2.00. The number of halogens is 1. The zero-order chi connectivity index (χ0) is 26.4. The number of methoxy groups -OCH3 is 1. The number of ether oxygens (including phenoxy) is 2. The van der Waals surface area contributed by atoms with Crippen molar-refractivity contribution in [2.24, 2.45) is 0 Å². The smallest absolute Gasteiger partial charge is 0.356 e. The number of benzene rings is 2. The Balaban J connectivity index is 1.59. The van der Waals surface area contributed by atoms with Crippen molar-refractivity contribution in [2.45, 2.75) is 26.4 Å². The van der Waals surface area contributed by atoms with E-state index in [-0.39, 0.29) is 30.7 Å². The fourth-order valence-electron chi connectivity index (χ4n) is 3.40. The quantitative estimate of drug-likeness (QED) is 0.327. The highest BCUT2D eigenvalue weighted by Gasteiger charge is 2.14. The maximum absolute atomic E-state index is 13.2. The fraction of sp³-hybridized carbons (Fsp3) is 0.200. The van der Waals surface area contributed by atoms with E-state index in [0.717, 1.165) is 10.1 Å². The Bertz CT molecular complexity index is 1520. The van der Waals surface area contributed by atoms with Gasteiger partial charge in [0.2, 0.25) is 5.95 Å². The Kier molecular flexibility index (Phi) is 7.94. The molecule has 0 spiro atoms. The van der Waals surface area contributed by atoms with Crippen molar-refractivity contribution in [3.8, 4) is 11.8 Å². The van der Waals surface area contributed by atoms with Gasteiger partial charge in [-0.1, -0.05) is 30.7 Å². The van der Waals surface area contributed by atoms with Crippen LogP contribution in [0, 0.1) is 0 Å². The van der Waals surface area contributed by atoms with Crippen LogP contribution in [0.5, 0.6) is 11.8 Å². The van der Waals surface area contributed by atoms with Gasteiger partial charge in [-0.05, 0) is 54.4 Å². The van der Waals surface area contributed by atoms with Crippen LogP contribution < -0.4 is 21.4 Å². The van der Waals surface area contributed by atoms with E-state index in [2.05, 4.69) is 25.0 Å². The van der Waals surface area contributed by atoms with E-state index in [0.29, 0.717) is 22.9 Å². The van der Waals surface area contributed by atoms with Crippen molar-refractivity contribution >= 4 is 29.2 Å². The first-order valence-electron chi connectivity index (χ1n) is 11.3. The van der Waals surface area contributed by atoms with Crippen LogP contribution >= 0.6 is 11.6 Å². The summed E-state index contributed by atoms with van der Waals surface area (Å²) in [4.78, 5) is 49.5. The van der Waals surface area contributed by atoms with Gasteiger partial charge in [0, 0.05) is 23.5 Å². The van der Waals surface area contributed by atoms with Gasteiger partial charge in [-0.25, -0.2) is 23.9 Å². The predicted octanol–water partition coefficient (Wildman–Crippen LogP) is 3.63. The summed E-state index contributed by atoms with van der Waals surface area (Å²) in [6, 6.07) is 15.1. The van der Waals surface area contributed by atoms with Gasteiger partial charge in [0.25, 0.3) is 0 Å². The molecule has 0 saturated carbocycles. The maximum Gasteiger partial charge on any atom is 0.356 e. The van der Waals surface area contributed by atoms with Crippen molar-refractivity contribution in [1.29, 1.82) is 0 Å². The molecule has 4 aromatic rings. The van der Waals surface area contributed by atoms with Gasteiger partial charge in [-0.2, -0.15) is 9.97 Å². The van der Waals surface area contributed by atoms with Crippen LogP contribution in [-0.2, 0) is 17.8 Å². The molecule has 0 radical (unpaired) electrons. The minimum Gasteiger partial charge on any atom is -0.464 e. The number of anilines is 2. The number of nitrogens with zero attached hydrogens (tertiary/aromatic N) is 5. The lowest BCUT2D eigenvalue weighted by Crippen LogP contribution is -2.42. The Morgan fingerprint density at radius 3 is 2.41 bits per heavy atom. The standard InChI is InChI=1S/C25H23ClN6O5/c1-3-14-31-24(34)30-22(32(25(31)35)15-16-4-6-17(26)7-5-16)28-18-8-10-19(11-9-18)37-23-27-13-12-20(29-23)21(33)36-2/h4-13H,3,14-15H2,1-2H3,(H,28,30,34). The van der Waals surface area contributed by atoms with E-state index in [4.69, 9.17) is 16.3 Å². The lowest BCUT2D eigenvalue weighted by molar-refractivity contribution is 0.0592. The molecule has 0 unspecified atom stereocenters. The van der Waals surface area contributed by atoms with Crippen LogP contribution in [-0.4, -0.2) is 37.2 Å². The van der Waals surface area contributed by atoms with E-state index >= 15 is 0 Å². The van der Waals surface area contributed by atoms with Crippen LogP contribution in [0.3, 0.4) is 0 Å². The lowest BCUT2D eigenvalue weighted by Gasteiger charge is -2.15. The van der Waals surface area contributed by atoms with Crippen LogP contribution in [0.2, 0.25) is 5.02 Å². The second-order valence-electron chi connectivity index (χ2n) is 7.83. The zero-order valence-electron chi connectivity index (χ0n) is 20.1. The minimum atomic E-state index is -0.635. The Hall–Kier alpha value is -4.51. The number of esters is 1. The average Bonchev–Trinajstić information content (AvgIpc) is 2.90. The number of rotatable bonds is 9. The molecule has 37 heavy (non-hydrogen) atoms. The molecule has 2 aromatic carbocycles. The van der Waals surface area contributed by atoms with Gasteiger partial charge in [0.15, 0.2) is 5.69 Å². The average molecular weight is 523 g/mol. The Labute approximate surface area is 216 Å². The molecule has 0 amide bonds. The lowest BCUT2D eigenvalue weighted by atomic mass is 10.2. The molecule has 0 saturated heterocycles. The number of nitrogens with one attached hydrogen (secondary N) is 1. The molecule has 4 rings (SSSR count). The number of hydrogen-bond acceptors (Lipinski definition) is 9. The van der Waals surface area contributed by atoms with Crippen LogP contribution in [0.15, 0.2) is 70.4 Å². The highest BCUT2D eigenvalue weighted by molar-refractivity contribution is 6.30. The molecule has 0 bridgehead atoms. The summed E-state index contributed by atoms with van der Waals surface area (Å²) in [5, 5.41) is 3.62. The van der Waals surface area contributed by atoms with Gasteiger partial charge in [-0.15, -0.1) is 0 Å². The predicted molar refractivity (Wildman–Crippen MR) is 137 cm³/mol. The molecule has 0 aliphatic rings. The van der Waals surface area contributed by atoms with E-state index in [9.17, 15) is 14.4 Å². The molecule has 0 aliphatic carbocycles. The van der Waals surface area contributed by atoms with Crippen LogP contribution in [0.25, 0.3) is 0 Å². The molecule has 2 aromatic heterocycles. The third-order valence-electron chi connectivity index (χ3n) is 5.20. The van der Waals surface area contributed by atoms with E-state index in [1.807, 2.05) is 6.92 Å². The Morgan fingerprint density at radius 1 is 1.00 bits per heavy atom. The second kappa shape index (κ2) is 11.5. The molecule has 190 valence electrons. The molecular formula is C25H23ClN6O5. The fourth-order valence-corrected chi connectivity index (χ4v) is 3.53. The molecule has 11 nitrogen and oxygen atoms in total. The van der Waals surface area contributed by atoms with Crippen molar-refractivity contribution in [2.75, 3.05) is 12.4 Å². The molecule has 12 heteroatoms. The minimum absolute atomic E-state index is 0.0263. The van der Waals surface area contributed by atoms with Crippen LogP contribution in [0.1, 0.15) is 29.4 Å². The van der Waals surface area contributed by atoms with Crippen LogP contribution in [0.4, 0.5) is 11.6 Å². The van der Waals surface area contributed by atoms with Gasteiger partial charge in [0.1, 0.15) is 5.75 Å². The summed E-state index contributed by atoms with van der Waals surface area (Å²) in [5.74, 6) is -0.109. The van der Waals surface area contributed by atoms with Gasteiger partial charge in [0.05, 0.1) is 13.7 Å². The summed E-state index contributed by atoms with van der Waals surface area (Å²) >= 11 is 5.99. The van der Waals surface area contributed by atoms with Gasteiger partial charge >= 0.3 is 23.4 Å². The summed E-state index contributed by atoms with van der Waals surface area (Å²) < 4.78 is 12.8. The van der Waals surface area contributed by atoms with E-state index in [1.165, 1.54) is 23.9 Å². The first-order valence-corrected chi connectivity index (χ1v) is 11.7. The summed E-state index contributed by atoms with van der Waals surface area (Å²) in [5.41, 5.74) is 0.330. The monoisotopic (exact) mass is 522 g/mol. The van der Waals surface area contributed by atoms with Crippen molar-refractivity contribution < 1.29 is 14.3 Å². The highest BCUT2D eigenvalue weighted by atomic mass is 35.5. The molecule has 0 fully saturated rings. The van der Waals surface area contributed by atoms with E-state index in [1.54, 1.807) is 48.5 Å². The maximum atomic E-state index is 13.2. The SMILES string of the molecule is CCCn1c(=O)nc(Nc2ccc(Oc3nccc(C(=O)OC)n3)cc2)n(Cc2ccc(Cl)cc2)c1=O. The van der Waals surface area contributed by atoms with Crippen molar-refractivity contribution in [3.63, 3.8) is 0 Å². The number of hydrogen-bond donors (Lipinski definition) is 1. The third-order valence-corrected chi connectivity index (χ3v) is 5.45. The molecule has 0 atom stereocenters. The zero-order valence-corrected chi connectivity index (χ0v) is 20.8.